The number of methoxy groups -OCH3 is 1. The number of hydrogen-bond donors (Lipinski definition) is 1. The highest BCUT2D eigenvalue weighted by atomic mass is 19.1. The summed E-state index contributed by atoms with van der Waals surface area (Å²) in [5, 5.41) is 3.47. The maximum Gasteiger partial charge on any atom is 0.227 e. The van der Waals surface area contributed by atoms with Crippen molar-refractivity contribution in [3.8, 4) is 5.75 Å². The number of rotatable bonds is 6. The molecular weight excluding hydrogens is 331 g/mol. The molecule has 1 aliphatic heterocycles. The number of carbonyl (C=O) groups excluding carboxylic acids is 1. The molecule has 1 saturated heterocycles. The van der Waals surface area contributed by atoms with Crippen LogP contribution in [-0.2, 0) is 17.8 Å². The quantitative estimate of drug-likeness (QED) is 0.864. The predicted octanol–water partition coefficient (Wildman–Crippen LogP) is 3.16. The largest absolute Gasteiger partial charge is 0.496 e. The number of likely N-dealkylation sites (tertiary alicyclic amines) is 1. The van der Waals surface area contributed by atoms with Crippen LogP contribution in [0.3, 0.4) is 0 Å². The molecule has 3 rings (SSSR count). The molecule has 0 saturated carbocycles. The van der Waals surface area contributed by atoms with Gasteiger partial charge in [0, 0.05) is 31.2 Å². The third kappa shape index (κ3) is 4.82. The lowest BCUT2D eigenvalue weighted by Gasteiger charge is -2.32. The van der Waals surface area contributed by atoms with Crippen molar-refractivity contribution in [2.24, 2.45) is 0 Å². The number of halogens is 1. The monoisotopic (exact) mass is 356 g/mol. The van der Waals surface area contributed by atoms with Crippen molar-refractivity contribution >= 4 is 5.91 Å². The van der Waals surface area contributed by atoms with Gasteiger partial charge in [0.1, 0.15) is 11.6 Å². The van der Waals surface area contributed by atoms with Crippen molar-refractivity contribution in [1.29, 1.82) is 0 Å². The second-order valence-electron chi connectivity index (χ2n) is 6.65. The van der Waals surface area contributed by atoms with E-state index in [1.807, 2.05) is 35.2 Å². The number of carbonyl (C=O) groups is 1. The van der Waals surface area contributed by atoms with Gasteiger partial charge in [0.25, 0.3) is 0 Å². The Hall–Kier alpha value is -2.40. The minimum Gasteiger partial charge on any atom is -0.496 e. The maximum absolute atomic E-state index is 13.2. The van der Waals surface area contributed by atoms with Crippen LogP contribution in [0.1, 0.15) is 24.0 Å². The van der Waals surface area contributed by atoms with Gasteiger partial charge < -0.3 is 15.0 Å². The number of nitrogens with one attached hydrogen (secondary N) is 1. The third-order valence-corrected chi connectivity index (χ3v) is 4.87. The van der Waals surface area contributed by atoms with E-state index in [0.29, 0.717) is 19.0 Å². The molecule has 2 aromatic rings. The molecule has 0 spiro atoms. The summed E-state index contributed by atoms with van der Waals surface area (Å²) in [7, 11) is 1.62. The van der Waals surface area contributed by atoms with Crippen LogP contribution in [0, 0.1) is 5.82 Å². The maximum atomic E-state index is 13.2. The summed E-state index contributed by atoms with van der Waals surface area (Å²) in [5.74, 6) is 0.687. The number of para-hydroxylation sites is 1. The molecule has 0 radical (unpaired) electrons. The van der Waals surface area contributed by atoms with E-state index in [1.54, 1.807) is 19.2 Å². The first-order valence-electron chi connectivity index (χ1n) is 9.03. The van der Waals surface area contributed by atoms with E-state index in [1.165, 1.54) is 6.07 Å². The molecule has 0 aromatic heterocycles. The molecule has 1 heterocycles. The Bertz CT molecular complexity index is 742. The molecule has 1 aliphatic rings. The SMILES string of the molecule is COc1ccccc1CC(=O)N1CCC(NCc2cccc(F)c2)CC1. The van der Waals surface area contributed by atoms with Gasteiger partial charge in [-0.25, -0.2) is 4.39 Å². The van der Waals surface area contributed by atoms with Crippen molar-refractivity contribution in [2.75, 3.05) is 20.2 Å². The molecule has 1 N–H and O–H groups in total. The zero-order chi connectivity index (χ0) is 18.4. The fourth-order valence-electron chi connectivity index (χ4n) is 3.37. The van der Waals surface area contributed by atoms with Gasteiger partial charge in [0.05, 0.1) is 13.5 Å². The first kappa shape index (κ1) is 18.4. The van der Waals surface area contributed by atoms with Gasteiger partial charge >= 0.3 is 0 Å². The van der Waals surface area contributed by atoms with Gasteiger partial charge in [-0.05, 0) is 36.6 Å². The molecule has 1 fully saturated rings. The Balaban J connectivity index is 1.46. The smallest absolute Gasteiger partial charge is 0.227 e. The normalized spacial score (nSPS) is 15.1. The average molecular weight is 356 g/mol. The minimum absolute atomic E-state index is 0.137. The second kappa shape index (κ2) is 8.81. The Morgan fingerprint density at radius 3 is 2.69 bits per heavy atom. The number of nitrogens with zero attached hydrogens (tertiary/aromatic N) is 1. The summed E-state index contributed by atoms with van der Waals surface area (Å²) in [6.45, 7) is 2.14. The van der Waals surface area contributed by atoms with Crippen molar-refractivity contribution in [3.63, 3.8) is 0 Å². The number of amides is 1. The summed E-state index contributed by atoms with van der Waals surface area (Å²) in [5.41, 5.74) is 1.87. The van der Waals surface area contributed by atoms with Crippen molar-refractivity contribution < 1.29 is 13.9 Å². The van der Waals surface area contributed by atoms with Crippen LogP contribution >= 0.6 is 0 Å². The van der Waals surface area contributed by atoms with Crippen LogP contribution < -0.4 is 10.1 Å². The number of hydrogen-bond acceptors (Lipinski definition) is 3. The van der Waals surface area contributed by atoms with Crippen molar-refractivity contribution in [2.45, 2.75) is 31.8 Å². The van der Waals surface area contributed by atoms with E-state index in [2.05, 4.69) is 5.32 Å². The van der Waals surface area contributed by atoms with Crippen LogP contribution in [0.2, 0.25) is 0 Å². The first-order chi connectivity index (χ1) is 12.7. The van der Waals surface area contributed by atoms with E-state index < -0.39 is 0 Å². The van der Waals surface area contributed by atoms with E-state index in [4.69, 9.17) is 4.74 Å². The Morgan fingerprint density at radius 1 is 1.19 bits per heavy atom. The van der Waals surface area contributed by atoms with E-state index in [0.717, 1.165) is 42.8 Å². The van der Waals surface area contributed by atoms with Crippen LogP contribution in [0.4, 0.5) is 4.39 Å². The fourth-order valence-corrected chi connectivity index (χ4v) is 3.37. The Labute approximate surface area is 154 Å². The molecule has 0 atom stereocenters. The molecule has 1 amide bonds. The highest BCUT2D eigenvalue weighted by Gasteiger charge is 2.23. The average Bonchev–Trinajstić information content (AvgIpc) is 2.67. The van der Waals surface area contributed by atoms with Gasteiger partial charge in [0.15, 0.2) is 0 Å². The molecule has 0 bridgehead atoms. The molecular formula is C21H25FN2O2. The van der Waals surface area contributed by atoms with Gasteiger partial charge in [-0.15, -0.1) is 0 Å². The molecule has 4 nitrogen and oxygen atoms in total. The van der Waals surface area contributed by atoms with E-state index in [9.17, 15) is 9.18 Å². The lowest BCUT2D eigenvalue weighted by molar-refractivity contribution is -0.131. The second-order valence-corrected chi connectivity index (χ2v) is 6.65. The standard InChI is InChI=1S/C21H25FN2O2/c1-26-20-8-3-2-6-17(20)14-21(25)24-11-9-19(10-12-24)23-15-16-5-4-7-18(22)13-16/h2-8,13,19,23H,9-12,14-15H2,1H3. The highest BCUT2D eigenvalue weighted by Crippen LogP contribution is 2.20. The molecule has 26 heavy (non-hydrogen) atoms. The lowest BCUT2D eigenvalue weighted by Crippen LogP contribution is -2.45. The summed E-state index contributed by atoms with van der Waals surface area (Å²) < 4.78 is 18.6. The Kier molecular flexibility index (Phi) is 6.23. The van der Waals surface area contributed by atoms with E-state index >= 15 is 0 Å². The fraction of sp³-hybridized carbons (Fsp3) is 0.381. The van der Waals surface area contributed by atoms with Crippen LogP contribution in [0.25, 0.3) is 0 Å². The topological polar surface area (TPSA) is 41.6 Å². The van der Waals surface area contributed by atoms with Gasteiger partial charge in [-0.2, -0.15) is 0 Å². The highest BCUT2D eigenvalue weighted by molar-refractivity contribution is 5.79. The lowest BCUT2D eigenvalue weighted by atomic mass is 10.0. The molecule has 138 valence electrons. The van der Waals surface area contributed by atoms with E-state index in [-0.39, 0.29) is 11.7 Å². The molecule has 0 aliphatic carbocycles. The van der Waals surface area contributed by atoms with Crippen LogP contribution in [0.5, 0.6) is 5.75 Å². The predicted molar refractivity (Wildman–Crippen MR) is 99.5 cm³/mol. The molecule has 2 aromatic carbocycles. The zero-order valence-electron chi connectivity index (χ0n) is 15.1. The number of piperidine rings is 1. The molecule has 5 heteroatoms. The van der Waals surface area contributed by atoms with Crippen molar-refractivity contribution in [1.82, 2.24) is 10.2 Å². The van der Waals surface area contributed by atoms with Gasteiger partial charge in [-0.1, -0.05) is 30.3 Å². The summed E-state index contributed by atoms with van der Waals surface area (Å²) >= 11 is 0. The van der Waals surface area contributed by atoms with Crippen LogP contribution in [-0.4, -0.2) is 37.0 Å². The minimum atomic E-state index is -0.207. The first-order valence-corrected chi connectivity index (χ1v) is 9.03. The van der Waals surface area contributed by atoms with Crippen molar-refractivity contribution in [3.05, 3.63) is 65.5 Å². The number of benzene rings is 2. The summed E-state index contributed by atoms with van der Waals surface area (Å²) in [6, 6.07) is 14.7. The summed E-state index contributed by atoms with van der Waals surface area (Å²) in [6.07, 6.45) is 2.19. The third-order valence-electron chi connectivity index (χ3n) is 4.87. The van der Waals surface area contributed by atoms with Gasteiger partial charge in [-0.3, -0.25) is 4.79 Å². The Morgan fingerprint density at radius 2 is 1.96 bits per heavy atom. The zero-order valence-corrected chi connectivity index (χ0v) is 15.1. The van der Waals surface area contributed by atoms with Crippen LogP contribution in [0.15, 0.2) is 48.5 Å². The number of ether oxygens (including phenoxy) is 1. The summed E-state index contributed by atoms with van der Waals surface area (Å²) in [4.78, 5) is 14.5. The van der Waals surface area contributed by atoms with Gasteiger partial charge in [0.2, 0.25) is 5.91 Å². The molecule has 0 unspecified atom stereocenters.